The summed E-state index contributed by atoms with van der Waals surface area (Å²) in [4.78, 5) is 4.22. The first-order valence-electron chi connectivity index (χ1n) is 6.98. The Morgan fingerprint density at radius 1 is 1.19 bits per heavy atom. The molecule has 21 heavy (non-hydrogen) atoms. The van der Waals surface area contributed by atoms with Gasteiger partial charge in [0.2, 0.25) is 6.79 Å². The minimum absolute atomic E-state index is 0.271. The average molecular weight is 286 g/mol. The summed E-state index contributed by atoms with van der Waals surface area (Å²) >= 11 is 0. The van der Waals surface area contributed by atoms with Crippen LogP contribution in [-0.4, -0.2) is 29.5 Å². The van der Waals surface area contributed by atoms with E-state index < -0.39 is 6.10 Å². The van der Waals surface area contributed by atoms with Crippen LogP contribution in [0.3, 0.4) is 0 Å². The van der Waals surface area contributed by atoms with Gasteiger partial charge in [0.1, 0.15) is 0 Å². The summed E-state index contributed by atoms with van der Waals surface area (Å²) < 4.78 is 10.6. The van der Waals surface area contributed by atoms with Crippen molar-refractivity contribution in [3.8, 4) is 11.5 Å². The lowest BCUT2D eigenvalue weighted by molar-refractivity contribution is 0.170. The number of hydrogen-bond acceptors (Lipinski definition) is 5. The number of aromatic nitrogens is 1. The van der Waals surface area contributed by atoms with Crippen LogP contribution in [0.1, 0.15) is 11.3 Å². The van der Waals surface area contributed by atoms with Crippen LogP contribution in [0.4, 0.5) is 0 Å². The van der Waals surface area contributed by atoms with E-state index in [0.29, 0.717) is 19.5 Å². The Balaban J connectivity index is 1.47. The molecule has 0 spiro atoms. The molecule has 2 N–H and O–H groups in total. The lowest BCUT2D eigenvalue weighted by Gasteiger charge is -2.12. The van der Waals surface area contributed by atoms with Gasteiger partial charge in [-0.1, -0.05) is 12.1 Å². The first-order chi connectivity index (χ1) is 10.3. The number of fused-ring (bicyclic) bond motifs is 1. The van der Waals surface area contributed by atoms with Crippen molar-refractivity contribution in [2.45, 2.75) is 19.1 Å². The van der Waals surface area contributed by atoms with Crippen LogP contribution in [0.2, 0.25) is 0 Å². The number of nitrogens with one attached hydrogen (secondary N) is 1. The second-order valence-corrected chi connectivity index (χ2v) is 5.00. The molecular weight excluding hydrogens is 268 g/mol. The zero-order valence-corrected chi connectivity index (χ0v) is 11.7. The van der Waals surface area contributed by atoms with Gasteiger partial charge in [0, 0.05) is 19.3 Å². The largest absolute Gasteiger partial charge is 0.454 e. The highest BCUT2D eigenvalue weighted by molar-refractivity contribution is 5.44. The Labute approximate surface area is 123 Å². The SMILES string of the molecule is OC(CNCc1ccccn1)Cc1ccc2c(c1)OCO2. The van der Waals surface area contributed by atoms with Crippen molar-refractivity contribution >= 4 is 0 Å². The summed E-state index contributed by atoms with van der Waals surface area (Å²) in [6.07, 6.45) is 1.89. The molecule has 1 aliphatic rings. The van der Waals surface area contributed by atoms with E-state index in [1.54, 1.807) is 6.20 Å². The van der Waals surface area contributed by atoms with Gasteiger partial charge >= 0.3 is 0 Å². The number of rotatable bonds is 6. The number of hydrogen-bond donors (Lipinski definition) is 2. The van der Waals surface area contributed by atoms with Crippen molar-refractivity contribution in [3.63, 3.8) is 0 Å². The van der Waals surface area contributed by atoms with Crippen LogP contribution in [0.5, 0.6) is 11.5 Å². The molecule has 2 heterocycles. The molecule has 1 aromatic heterocycles. The molecule has 0 saturated carbocycles. The van der Waals surface area contributed by atoms with Crippen molar-refractivity contribution in [2.24, 2.45) is 0 Å². The quantitative estimate of drug-likeness (QED) is 0.842. The molecule has 0 fully saturated rings. The molecule has 0 aliphatic carbocycles. The first-order valence-corrected chi connectivity index (χ1v) is 6.98. The summed E-state index contributed by atoms with van der Waals surface area (Å²) in [6, 6.07) is 11.5. The van der Waals surface area contributed by atoms with E-state index in [0.717, 1.165) is 22.8 Å². The van der Waals surface area contributed by atoms with Crippen LogP contribution in [-0.2, 0) is 13.0 Å². The number of benzene rings is 1. The molecule has 0 amide bonds. The van der Waals surface area contributed by atoms with Crippen molar-refractivity contribution in [1.29, 1.82) is 0 Å². The Hall–Kier alpha value is -2.11. The van der Waals surface area contributed by atoms with Crippen LogP contribution in [0.15, 0.2) is 42.6 Å². The molecule has 110 valence electrons. The minimum Gasteiger partial charge on any atom is -0.454 e. The normalized spacial score (nSPS) is 14.1. The van der Waals surface area contributed by atoms with E-state index in [2.05, 4.69) is 10.3 Å². The molecule has 2 aromatic rings. The Morgan fingerprint density at radius 3 is 2.95 bits per heavy atom. The second-order valence-electron chi connectivity index (χ2n) is 5.00. The number of aliphatic hydroxyl groups is 1. The van der Waals surface area contributed by atoms with E-state index in [4.69, 9.17) is 9.47 Å². The molecule has 1 atom stereocenters. The number of ether oxygens (including phenoxy) is 2. The molecule has 0 radical (unpaired) electrons. The average Bonchev–Trinajstić information content (AvgIpc) is 2.96. The Bertz CT molecular complexity index is 589. The number of nitrogens with zero attached hydrogens (tertiary/aromatic N) is 1. The molecular formula is C16H18N2O3. The molecule has 5 heteroatoms. The summed E-state index contributed by atoms with van der Waals surface area (Å²) in [5.74, 6) is 1.52. The zero-order valence-electron chi connectivity index (χ0n) is 11.7. The fourth-order valence-electron chi connectivity index (χ4n) is 2.28. The van der Waals surface area contributed by atoms with Gasteiger partial charge in [-0.15, -0.1) is 0 Å². The van der Waals surface area contributed by atoms with Crippen LogP contribution < -0.4 is 14.8 Å². The fraction of sp³-hybridized carbons (Fsp3) is 0.312. The van der Waals surface area contributed by atoms with E-state index in [-0.39, 0.29) is 6.79 Å². The minimum atomic E-state index is -0.450. The molecule has 1 aromatic carbocycles. The third-order valence-corrected chi connectivity index (χ3v) is 3.32. The van der Waals surface area contributed by atoms with Gasteiger partial charge in [0.25, 0.3) is 0 Å². The van der Waals surface area contributed by atoms with Crippen molar-refractivity contribution in [3.05, 3.63) is 53.9 Å². The van der Waals surface area contributed by atoms with Crippen molar-refractivity contribution in [2.75, 3.05) is 13.3 Å². The first kappa shape index (κ1) is 13.9. The van der Waals surface area contributed by atoms with Crippen LogP contribution in [0, 0.1) is 0 Å². The van der Waals surface area contributed by atoms with Gasteiger partial charge in [-0.2, -0.15) is 0 Å². The van der Waals surface area contributed by atoms with Crippen molar-refractivity contribution in [1.82, 2.24) is 10.3 Å². The Morgan fingerprint density at radius 2 is 2.10 bits per heavy atom. The van der Waals surface area contributed by atoms with Crippen LogP contribution in [0.25, 0.3) is 0 Å². The fourth-order valence-corrected chi connectivity index (χ4v) is 2.28. The zero-order chi connectivity index (χ0) is 14.5. The second kappa shape index (κ2) is 6.56. The van der Waals surface area contributed by atoms with E-state index in [1.807, 2.05) is 36.4 Å². The van der Waals surface area contributed by atoms with Gasteiger partial charge in [-0.25, -0.2) is 0 Å². The number of pyridine rings is 1. The van der Waals surface area contributed by atoms with Crippen LogP contribution >= 0.6 is 0 Å². The third kappa shape index (κ3) is 3.71. The van der Waals surface area contributed by atoms with Crippen molar-refractivity contribution < 1.29 is 14.6 Å². The van der Waals surface area contributed by atoms with E-state index in [9.17, 15) is 5.11 Å². The van der Waals surface area contributed by atoms with Gasteiger partial charge in [0.05, 0.1) is 11.8 Å². The maximum atomic E-state index is 10.1. The highest BCUT2D eigenvalue weighted by Crippen LogP contribution is 2.32. The van der Waals surface area contributed by atoms with E-state index >= 15 is 0 Å². The lowest BCUT2D eigenvalue weighted by atomic mass is 10.1. The topological polar surface area (TPSA) is 63.6 Å². The third-order valence-electron chi connectivity index (χ3n) is 3.32. The predicted molar refractivity (Wildman–Crippen MR) is 78.2 cm³/mol. The molecule has 3 rings (SSSR count). The van der Waals surface area contributed by atoms with Gasteiger partial charge < -0.3 is 19.9 Å². The summed E-state index contributed by atoms with van der Waals surface area (Å²) in [5.41, 5.74) is 2.00. The monoisotopic (exact) mass is 286 g/mol. The maximum Gasteiger partial charge on any atom is 0.231 e. The summed E-state index contributed by atoms with van der Waals surface area (Å²) in [5, 5.41) is 13.3. The summed E-state index contributed by atoms with van der Waals surface area (Å²) in [6.45, 7) is 1.44. The number of aliphatic hydroxyl groups excluding tert-OH is 1. The predicted octanol–water partition coefficient (Wildman–Crippen LogP) is 1.50. The van der Waals surface area contributed by atoms with Gasteiger partial charge in [-0.3, -0.25) is 4.98 Å². The highest BCUT2D eigenvalue weighted by Gasteiger charge is 2.14. The molecule has 1 aliphatic heterocycles. The summed E-state index contributed by atoms with van der Waals surface area (Å²) in [7, 11) is 0. The van der Waals surface area contributed by atoms with Gasteiger partial charge in [-0.05, 0) is 36.2 Å². The standard InChI is InChI=1S/C16H18N2O3/c19-14(10-17-9-13-3-1-2-6-18-13)7-12-4-5-15-16(8-12)21-11-20-15/h1-6,8,14,17,19H,7,9-11H2. The molecule has 0 bridgehead atoms. The Kier molecular flexibility index (Phi) is 4.33. The molecule has 5 nitrogen and oxygen atoms in total. The molecule has 0 saturated heterocycles. The molecule has 1 unspecified atom stereocenters. The highest BCUT2D eigenvalue weighted by atomic mass is 16.7. The maximum absolute atomic E-state index is 10.1. The van der Waals surface area contributed by atoms with Gasteiger partial charge in [0.15, 0.2) is 11.5 Å². The van der Waals surface area contributed by atoms with E-state index in [1.165, 1.54) is 0 Å². The lowest BCUT2D eigenvalue weighted by Crippen LogP contribution is -2.28. The smallest absolute Gasteiger partial charge is 0.231 e.